The molecule has 0 bridgehead atoms. The van der Waals surface area contributed by atoms with Gasteiger partial charge in [-0.2, -0.15) is 0 Å². The van der Waals surface area contributed by atoms with Crippen LogP contribution in [0, 0.1) is 5.92 Å². The smallest absolute Gasteiger partial charge is 0.408 e. The second-order valence-electron chi connectivity index (χ2n) is 8.36. The molecule has 1 unspecified atom stereocenters. The number of nitrogens with one attached hydrogen (secondary N) is 1. The van der Waals surface area contributed by atoms with Gasteiger partial charge in [-0.15, -0.1) is 0 Å². The molecule has 1 aliphatic heterocycles. The zero-order chi connectivity index (χ0) is 17.0. The Labute approximate surface area is 141 Å². The summed E-state index contributed by atoms with van der Waals surface area (Å²) in [5.41, 5.74) is 2.49. The summed E-state index contributed by atoms with van der Waals surface area (Å²) in [7, 11) is 0. The molecule has 1 amide bonds. The molecule has 1 saturated heterocycles. The molecule has 2 aliphatic rings. The number of nitrogens with zero attached hydrogens (tertiary/aromatic N) is 1. The van der Waals surface area contributed by atoms with E-state index in [1.54, 1.807) is 5.57 Å². The maximum atomic E-state index is 12.3. The van der Waals surface area contributed by atoms with Gasteiger partial charge in [-0.3, -0.25) is 0 Å². The third-order valence-corrected chi connectivity index (χ3v) is 4.49. The summed E-state index contributed by atoms with van der Waals surface area (Å²) in [6, 6.07) is 0.0817. The monoisotopic (exact) mass is 322 g/mol. The van der Waals surface area contributed by atoms with Gasteiger partial charge in [0.15, 0.2) is 0 Å². The van der Waals surface area contributed by atoms with Crippen LogP contribution in [0.5, 0.6) is 0 Å². The van der Waals surface area contributed by atoms with E-state index >= 15 is 0 Å². The van der Waals surface area contributed by atoms with E-state index in [9.17, 15) is 4.79 Å². The highest BCUT2D eigenvalue weighted by Crippen LogP contribution is 2.34. The number of ether oxygens (including phenoxy) is 1. The van der Waals surface area contributed by atoms with E-state index in [0.717, 1.165) is 19.5 Å². The normalized spacial score (nSPS) is 19.6. The Hall–Kier alpha value is -1.19. The number of amides is 1. The lowest BCUT2D eigenvalue weighted by Gasteiger charge is -2.36. The van der Waals surface area contributed by atoms with Crippen LogP contribution in [-0.4, -0.2) is 35.7 Å². The number of carbonyl (C=O) groups is 1. The van der Waals surface area contributed by atoms with E-state index in [2.05, 4.69) is 24.1 Å². The van der Waals surface area contributed by atoms with E-state index in [4.69, 9.17) is 4.74 Å². The van der Waals surface area contributed by atoms with E-state index in [-0.39, 0.29) is 12.1 Å². The minimum Gasteiger partial charge on any atom is -0.444 e. The highest BCUT2D eigenvalue weighted by Gasteiger charge is 2.30. The molecule has 23 heavy (non-hydrogen) atoms. The van der Waals surface area contributed by atoms with Gasteiger partial charge in [0.25, 0.3) is 0 Å². The third-order valence-electron chi connectivity index (χ3n) is 4.49. The highest BCUT2D eigenvalue weighted by molar-refractivity contribution is 5.68. The Morgan fingerprint density at radius 1 is 1.17 bits per heavy atom. The highest BCUT2D eigenvalue weighted by atomic mass is 16.6. The Kier molecular flexibility index (Phi) is 5.99. The number of carbonyl (C=O) groups excluding carboxylic acids is 1. The van der Waals surface area contributed by atoms with E-state index in [1.807, 2.05) is 20.8 Å². The minimum absolute atomic E-state index is 0.0817. The van der Waals surface area contributed by atoms with Crippen LogP contribution in [0.4, 0.5) is 4.79 Å². The molecule has 1 atom stereocenters. The summed E-state index contributed by atoms with van der Waals surface area (Å²) in [6.45, 7) is 12.4. The van der Waals surface area contributed by atoms with Gasteiger partial charge in [0.1, 0.15) is 5.60 Å². The van der Waals surface area contributed by atoms with E-state index in [0.29, 0.717) is 5.92 Å². The standard InChI is InChI=1S/C19H34N2O2/c1-14(2)13-16(20-18(22)23-19(3,4)5)17(15-9-8-10-15)21-11-6-7-12-21/h14,16H,6-13H2,1-5H3,(H,20,22). The summed E-state index contributed by atoms with van der Waals surface area (Å²) in [5, 5.41) is 3.17. The second-order valence-corrected chi connectivity index (χ2v) is 8.36. The first-order chi connectivity index (χ1) is 10.8. The van der Waals surface area contributed by atoms with Gasteiger partial charge in [-0.05, 0) is 70.8 Å². The predicted octanol–water partition coefficient (Wildman–Crippen LogP) is 4.46. The maximum absolute atomic E-state index is 12.3. The topological polar surface area (TPSA) is 41.6 Å². The van der Waals surface area contributed by atoms with Crippen LogP contribution in [0.25, 0.3) is 0 Å². The van der Waals surface area contributed by atoms with Crippen LogP contribution >= 0.6 is 0 Å². The van der Waals surface area contributed by atoms with Crippen molar-refractivity contribution in [3.05, 3.63) is 11.3 Å². The molecule has 4 nitrogen and oxygen atoms in total. The van der Waals surface area contributed by atoms with Crippen molar-refractivity contribution in [2.75, 3.05) is 13.1 Å². The molecule has 132 valence electrons. The van der Waals surface area contributed by atoms with Gasteiger partial charge in [-0.1, -0.05) is 13.8 Å². The van der Waals surface area contributed by atoms with Crippen molar-refractivity contribution >= 4 is 6.09 Å². The van der Waals surface area contributed by atoms with Crippen LogP contribution in [-0.2, 0) is 4.74 Å². The molecular weight excluding hydrogens is 288 g/mol. The molecule has 2 rings (SSSR count). The first kappa shape index (κ1) is 18.2. The average molecular weight is 322 g/mol. The Balaban J connectivity index is 2.15. The van der Waals surface area contributed by atoms with Gasteiger partial charge >= 0.3 is 6.09 Å². The minimum atomic E-state index is -0.454. The van der Waals surface area contributed by atoms with Crippen LogP contribution in [0.1, 0.15) is 73.1 Å². The maximum Gasteiger partial charge on any atom is 0.408 e. The zero-order valence-corrected chi connectivity index (χ0v) is 15.6. The first-order valence-electron chi connectivity index (χ1n) is 9.22. The lowest BCUT2D eigenvalue weighted by Crippen LogP contribution is -2.45. The quantitative estimate of drug-likeness (QED) is 0.812. The second kappa shape index (κ2) is 7.59. The number of hydrogen-bond donors (Lipinski definition) is 1. The Morgan fingerprint density at radius 2 is 1.78 bits per heavy atom. The fourth-order valence-electron chi connectivity index (χ4n) is 3.42. The van der Waals surface area contributed by atoms with Crippen molar-refractivity contribution in [1.29, 1.82) is 0 Å². The van der Waals surface area contributed by atoms with Gasteiger partial charge in [0.05, 0.1) is 6.04 Å². The van der Waals surface area contributed by atoms with E-state index in [1.165, 1.54) is 37.8 Å². The average Bonchev–Trinajstić information content (AvgIpc) is 2.82. The number of rotatable bonds is 5. The molecule has 0 aromatic carbocycles. The molecule has 0 spiro atoms. The van der Waals surface area contributed by atoms with Crippen LogP contribution in [0.2, 0.25) is 0 Å². The van der Waals surface area contributed by atoms with E-state index < -0.39 is 5.60 Å². The summed E-state index contributed by atoms with van der Waals surface area (Å²) < 4.78 is 5.50. The predicted molar refractivity (Wildman–Crippen MR) is 94.3 cm³/mol. The van der Waals surface area contributed by atoms with Gasteiger partial charge < -0.3 is 15.0 Å². The molecule has 1 aliphatic carbocycles. The van der Waals surface area contributed by atoms with Crippen LogP contribution < -0.4 is 5.32 Å². The molecular formula is C19H34N2O2. The van der Waals surface area contributed by atoms with Crippen molar-refractivity contribution in [2.24, 2.45) is 5.92 Å². The molecule has 1 saturated carbocycles. The zero-order valence-electron chi connectivity index (χ0n) is 15.6. The number of allylic oxidation sites excluding steroid dienone is 1. The van der Waals surface area contributed by atoms with Crippen molar-refractivity contribution < 1.29 is 9.53 Å². The molecule has 0 radical (unpaired) electrons. The fourth-order valence-corrected chi connectivity index (χ4v) is 3.42. The van der Waals surface area contributed by atoms with Gasteiger partial charge in [0, 0.05) is 18.8 Å². The third kappa shape index (κ3) is 5.43. The van der Waals surface area contributed by atoms with Crippen molar-refractivity contribution in [1.82, 2.24) is 10.2 Å². The molecule has 0 aromatic rings. The van der Waals surface area contributed by atoms with Crippen LogP contribution in [0.15, 0.2) is 11.3 Å². The summed E-state index contributed by atoms with van der Waals surface area (Å²) in [4.78, 5) is 14.8. The van der Waals surface area contributed by atoms with Gasteiger partial charge in [-0.25, -0.2) is 4.79 Å². The molecule has 4 heteroatoms. The lowest BCUT2D eigenvalue weighted by molar-refractivity contribution is 0.0500. The largest absolute Gasteiger partial charge is 0.444 e. The molecule has 2 fully saturated rings. The summed E-state index contributed by atoms with van der Waals surface area (Å²) in [5.74, 6) is 0.535. The van der Waals surface area contributed by atoms with Crippen molar-refractivity contribution in [3.63, 3.8) is 0 Å². The summed E-state index contributed by atoms with van der Waals surface area (Å²) >= 11 is 0. The molecule has 1 N–H and O–H groups in total. The molecule has 1 heterocycles. The fraction of sp³-hybridized carbons (Fsp3) is 0.842. The Bertz CT molecular complexity index is 437. The number of alkyl carbamates (subject to hydrolysis) is 1. The SMILES string of the molecule is CC(C)CC(NC(=O)OC(C)(C)C)C(=C1CCC1)N1CCCC1. The Morgan fingerprint density at radius 3 is 2.22 bits per heavy atom. The first-order valence-corrected chi connectivity index (χ1v) is 9.22. The number of hydrogen-bond acceptors (Lipinski definition) is 3. The molecule has 0 aromatic heterocycles. The van der Waals surface area contributed by atoms with Crippen molar-refractivity contribution in [2.45, 2.75) is 84.8 Å². The summed E-state index contributed by atoms with van der Waals surface area (Å²) in [6.07, 6.45) is 6.87. The van der Waals surface area contributed by atoms with Crippen molar-refractivity contribution in [3.8, 4) is 0 Å². The van der Waals surface area contributed by atoms with Gasteiger partial charge in [0.2, 0.25) is 0 Å². The lowest BCUT2D eigenvalue weighted by atomic mass is 9.86. The van der Waals surface area contributed by atoms with Crippen LogP contribution in [0.3, 0.4) is 0 Å². The number of likely N-dealkylation sites (tertiary alicyclic amines) is 1.